The number of carbonyl (C=O) groups excluding carboxylic acids is 2. The molecule has 2 aliphatic rings. The molecule has 0 spiro atoms. The van der Waals surface area contributed by atoms with Crippen molar-refractivity contribution in [3.8, 4) is 0 Å². The largest absolute Gasteiger partial charge is 0.325 e. The van der Waals surface area contributed by atoms with Gasteiger partial charge >= 0.3 is 0 Å². The number of hydrogen-bond donors (Lipinski definition) is 0. The second-order valence-electron chi connectivity index (χ2n) is 13.0. The molecule has 0 bridgehead atoms. The van der Waals surface area contributed by atoms with Gasteiger partial charge < -0.3 is 8.97 Å². The van der Waals surface area contributed by atoms with Crippen LogP contribution in [0.4, 0.5) is 8.78 Å². The van der Waals surface area contributed by atoms with E-state index in [0.717, 1.165) is 73.9 Å². The Labute approximate surface area is 239 Å². The molecule has 218 valence electrons. The van der Waals surface area contributed by atoms with Crippen molar-refractivity contribution < 1.29 is 27.3 Å². The molecular weight excluding hydrogens is 506 g/mol. The summed E-state index contributed by atoms with van der Waals surface area (Å²) in [6.07, 6.45) is 10.8. The Bertz CT molecular complexity index is 1010. The molecule has 0 aromatic heterocycles. The summed E-state index contributed by atoms with van der Waals surface area (Å²) < 4.78 is 29.1. The van der Waals surface area contributed by atoms with Crippen molar-refractivity contribution >= 4 is 11.6 Å². The number of carbonyl (C=O) groups is 2. The molecule has 0 aliphatic carbocycles. The SMILES string of the molecule is C[N+]1(CC(CCC(C[N+]2(C)CCCCCC2)C(=O)c2ccc(F)cc2)C(=O)c2ccc(F)cc2)CCCCCC1. The van der Waals surface area contributed by atoms with Gasteiger partial charge in [-0.3, -0.25) is 9.59 Å². The zero-order valence-corrected chi connectivity index (χ0v) is 24.6. The van der Waals surface area contributed by atoms with E-state index < -0.39 is 0 Å². The number of halogens is 2. The minimum Gasteiger partial charge on any atom is -0.325 e. The van der Waals surface area contributed by atoms with Crippen LogP contribution in [0.1, 0.15) is 84.9 Å². The molecule has 2 saturated heterocycles. The molecular formula is C34H48F2N2O2+2. The van der Waals surface area contributed by atoms with E-state index in [1.807, 2.05) is 0 Å². The molecule has 40 heavy (non-hydrogen) atoms. The molecule has 0 amide bonds. The Balaban J connectivity index is 1.58. The highest BCUT2D eigenvalue weighted by Gasteiger charge is 2.36. The lowest BCUT2D eigenvalue weighted by molar-refractivity contribution is -0.911. The zero-order valence-electron chi connectivity index (χ0n) is 24.6. The molecule has 2 heterocycles. The van der Waals surface area contributed by atoms with Crippen molar-refractivity contribution in [1.82, 2.24) is 0 Å². The van der Waals surface area contributed by atoms with Crippen molar-refractivity contribution in [3.05, 3.63) is 71.3 Å². The van der Waals surface area contributed by atoms with Crippen LogP contribution in [0.2, 0.25) is 0 Å². The molecule has 2 aromatic carbocycles. The van der Waals surface area contributed by atoms with E-state index >= 15 is 0 Å². The van der Waals surface area contributed by atoms with E-state index in [0.29, 0.717) is 24.0 Å². The molecule has 0 saturated carbocycles. The highest BCUT2D eigenvalue weighted by molar-refractivity contribution is 5.99. The number of rotatable bonds is 11. The molecule has 0 radical (unpaired) electrons. The number of Topliss-reactive ketones (excluding diaryl/α,β-unsaturated/α-hetero) is 2. The second-order valence-corrected chi connectivity index (χ2v) is 13.0. The van der Waals surface area contributed by atoms with Gasteiger partial charge in [-0.2, -0.15) is 0 Å². The Kier molecular flexibility index (Phi) is 10.6. The first-order chi connectivity index (χ1) is 19.2. The molecule has 2 aromatic rings. The maximum absolute atomic E-state index is 13.9. The summed E-state index contributed by atoms with van der Waals surface area (Å²) in [6, 6.07) is 11.8. The first-order valence-electron chi connectivity index (χ1n) is 15.4. The van der Waals surface area contributed by atoms with E-state index in [9.17, 15) is 18.4 Å². The van der Waals surface area contributed by atoms with E-state index in [-0.39, 0.29) is 35.0 Å². The molecule has 0 N–H and O–H groups in total. The number of nitrogens with zero attached hydrogens (tertiary/aromatic N) is 2. The third-order valence-electron chi connectivity index (χ3n) is 9.48. The van der Waals surface area contributed by atoms with Gasteiger partial charge in [0.2, 0.25) is 0 Å². The van der Waals surface area contributed by atoms with E-state index in [4.69, 9.17) is 0 Å². The average Bonchev–Trinajstić information content (AvgIpc) is 3.30. The van der Waals surface area contributed by atoms with Crippen molar-refractivity contribution in [2.45, 2.75) is 64.2 Å². The predicted molar refractivity (Wildman–Crippen MR) is 156 cm³/mol. The summed E-state index contributed by atoms with van der Waals surface area (Å²) in [6.45, 7) is 5.69. The molecule has 2 aliphatic heterocycles. The maximum Gasteiger partial charge on any atom is 0.171 e. The fourth-order valence-electron chi connectivity index (χ4n) is 7.05. The molecule has 4 rings (SSSR count). The van der Waals surface area contributed by atoms with Crippen LogP contribution in [0.25, 0.3) is 0 Å². The summed E-state index contributed by atoms with van der Waals surface area (Å²) in [5, 5.41) is 0. The van der Waals surface area contributed by atoms with E-state index in [2.05, 4.69) is 14.1 Å². The fourth-order valence-corrected chi connectivity index (χ4v) is 7.05. The van der Waals surface area contributed by atoms with Gasteiger partial charge in [0.1, 0.15) is 11.6 Å². The Morgan fingerprint density at radius 1 is 0.575 bits per heavy atom. The normalized spacial score (nSPS) is 20.6. The lowest BCUT2D eigenvalue weighted by Gasteiger charge is -2.38. The van der Waals surface area contributed by atoms with E-state index in [1.54, 1.807) is 24.3 Å². The van der Waals surface area contributed by atoms with Gasteiger partial charge in [-0.15, -0.1) is 0 Å². The lowest BCUT2D eigenvalue weighted by Crippen LogP contribution is -2.50. The van der Waals surface area contributed by atoms with Crippen LogP contribution in [0.15, 0.2) is 48.5 Å². The highest BCUT2D eigenvalue weighted by atomic mass is 19.1. The van der Waals surface area contributed by atoms with Crippen LogP contribution in [0.5, 0.6) is 0 Å². The van der Waals surface area contributed by atoms with Crippen LogP contribution in [0.3, 0.4) is 0 Å². The minimum absolute atomic E-state index is 0.0479. The number of ketones is 2. The van der Waals surface area contributed by atoms with Gasteiger partial charge in [0.15, 0.2) is 11.6 Å². The Morgan fingerprint density at radius 2 is 0.875 bits per heavy atom. The van der Waals surface area contributed by atoms with Crippen molar-refractivity contribution in [2.75, 3.05) is 53.4 Å². The lowest BCUT2D eigenvalue weighted by atomic mass is 9.85. The average molecular weight is 555 g/mol. The summed E-state index contributed by atoms with van der Waals surface area (Å²) in [5.74, 6) is -1.09. The van der Waals surface area contributed by atoms with Crippen molar-refractivity contribution in [2.24, 2.45) is 11.8 Å². The highest BCUT2D eigenvalue weighted by Crippen LogP contribution is 2.28. The summed E-state index contributed by atoms with van der Waals surface area (Å²) >= 11 is 0. The maximum atomic E-state index is 13.9. The molecule has 6 heteroatoms. The zero-order chi connectivity index (χ0) is 28.6. The number of benzene rings is 2. The molecule has 2 atom stereocenters. The Morgan fingerprint density at radius 3 is 1.18 bits per heavy atom. The first kappa shape index (κ1) is 30.5. The summed E-state index contributed by atoms with van der Waals surface area (Å²) in [7, 11) is 4.53. The third-order valence-corrected chi connectivity index (χ3v) is 9.48. The minimum atomic E-state index is -0.348. The van der Waals surface area contributed by atoms with Crippen LogP contribution in [-0.2, 0) is 0 Å². The quantitative estimate of drug-likeness (QED) is 0.220. The monoisotopic (exact) mass is 554 g/mol. The van der Waals surface area contributed by atoms with Gasteiger partial charge in [-0.1, -0.05) is 0 Å². The number of hydrogen-bond acceptors (Lipinski definition) is 2. The third kappa shape index (κ3) is 8.53. The molecule has 4 nitrogen and oxygen atoms in total. The second kappa shape index (κ2) is 14.0. The van der Waals surface area contributed by atoms with Gasteiger partial charge in [0.25, 0.3) is 0 Å². The number of likely N-dealkylation sites (tertiary alicyclic amines) is 2. The van der Waals surface area contributed by atoms with Crippen LogP contribution in [-0.4, -0.2) is 73.9 Å². The van der Waals surface area contributed by atoms with Crippen LogP contribution in [0, 0.1) is 23.5 Å². The predicted octanol–water partition coefficient (Wildman–Crippen LogP) is 7.08. The number of quaternary nitrogens is 2. The molecule has 2 fully saturated rings. The van der Waals surface area contributed by atoms with Gasteiger partial charge in [-0.05, 0) is 113 Å². The van der Waals surface area contributed by atoms with Crippen LogP contribution >= 0.6 is 0 Å². The fraction of sp³-hybridized carbons (Fsp3) is 0.588. The van der Waals surface area contributed by atoms with Gasteiger partial charge in [0, 0.05) is 11.1 Å². The smallest absolute Gasteiger partial charge is 0.171 e. The summed E-state index contributed by atoms with van der Waals surface area (Å²) in [4.78, 5) is 27.8. The van der Waals surface area contributed by atoms with Gasteiger partial charge in [0.05, 0.1) is 65.2 Å². The van der Waals surface area contributed by atoms with Crippen LogP contribution < -0.4 is 0 Å². The molecule has 2 unspecified atom stereocenters. The van der Waals surface area contributed by atoms with Crippen molar-refractivity contribution in [3.63, 3.8) is 0 Å². The van der Waals surface area contributed by atoms with Crippen molar-refractivity contribution in [1.29, 1.82) is 0 Å². The first-order valence-corrected chi connectivity index (χ1v) is 15.4. The topological polar surface area (TPSA) is 34.1 Å². The Hall–Kier alpha value is -2.44. The summed E-state index contributed by atoms with van der Waals surface area (Å²) in [5.41, 5.74) is 1.08. The van der Waals surface area contributed by atoms with E-state index in [1.165, 1.54) is 49.9 Å². The van der Waals surface area contributed by atoms with Gasteiger partial charge in [-0.25, -0.2) is 8.78 Å². The standard InChI is InChI=1S/C34H48F2N2O2/c1-37(21-7-3-4-8-22-37)25-29(33(39)27-13-17-31(35)18-14-27)11-12-30(26-38(2)23-9-5-6-10-24-38)34(40)28-15-19-32(36)20-16-28/h13-20,29-30H,3-12,21-26H2,1-2H3/q+2.